The summed E-state index contributed by atoms with van der Waals surface area (Å²) in [7, 11) is 0. The van der Waals surface area contributed by atoms with Crippen molar-refractivity contribution in [2.75, 3.05) is 0 Å². The zero-order valence-corrected chi connectivity index (χ0v) is 13.9. The Bertz CT molecular complexity index is 1430. The van der Waals surface area contributed by atoms with Gasteiger partial charge in [0, 0.05) is 27.1 Å². The van der Waals surface area contributed by atoms with Gasteiger partial charge in [0.1, 0.15) is 22.5 Å². The number of para-hydroxylation sites is 1. The smallest absolute Gasteiger partial charge is 0.142 e. The van der Waals surface area contributed by atoms with Crippen LogP contribution < -0.4 is 0 Å². The first-order valence-corrected chi connectivity index (χ1v) is 8.70. The minimum Gasteiger partial charge on any atom is -0.456 e. The van der Waals surface area contributed by atoms with Crippen molar-refractivity contribution in [1.29, 1.82) is 0 Å². The Morgan fingerprint density at radius 3 is 2.27 bits per heavy atom. The van der Waals surface area contributed by atoms with Crippen LogP contribution in [-0.4, -0.2) is 0 Å². The van der Waals surface area contributed by atoms with Crippen molar-refractivity contribution in [2.45, 2.75) is 0 Å². The molecule has 0 aliphatic heterocycles. The molecule has 122 valence electrons. The third-order valence-corrected chi connectivity index (χ3v) is 5.08. The Hall–Kier alpha value is -3.52. The third kappa shape index (κ3) is 1.81. The van der Waals surface area contributed by atoms with Crippen LogP contribution in [0.5, 0.6) is 0 Å². The van der Waals surface area contributed by atoms with Crippen LogP contribution in [0.25, 0.3) is 55.0 Å². The fraction of sp³-hybridized carbons (Fsp3) is 0. The highest BCUT2D eigenvalue weighted by Gasteiger charge is 2.15. The van der Waals surface area contributed by atoms with E-state index in [1.54, 1.807) is 0 Å². The zero-order chi connectivity index (χ0) is 17.1. The van der Waals surface area contributed by atoms with Gasteiger partial charge in [-0.15, -0.1) is 0 Å². The third-order valence-electron chi connectivity index (χ3n) is 5.08. The van der Waals surface area contributed by atoms with Crippen LogP contribution in [0.1, 0.15) is 0 Å². The molecule has 2 aromatic heterocycles. The molecule has 26 heavy (non-hydrogen) atoms. The van der Waals surface area contributed by atoms with Crippen molar-refractivity contribution in [2.24, 2.45) is 0 Å². The van der Waals surface area contributed by atoms with Gasteiger partial charge in [-0.25, -0.2) is 0 Å². The van der Waals surface area contributed by atoms with Crippen molar-refractivity contribution < 1.29 is 8.83 Å². The fourth-order valence-electron chi connectivity index (χ4n) is 3.88. The monoisotopic (exact) mass is 334 g/mol. The van der Waals surface area contributed by atoms with Gasteiger partial charge in [-0.1, -0.05) is 66.7 Å². The molecule has 6 rings (SSSR count). The molecule has 0 radical (unpaired) electrons. The molecule has 0 saturated carbocycles. The van der Waals surface area contributed by atoms with E-state index in [2.05, 4.69) is 48.5 Å². The van der Waals surface area contributed by atoms with E-state index in [1.165, 1.54) is 5.39 Å². The van der Waals surface area contributed by atoms with Gasteiger partial charge in [0.15, 0.2) is 0 Å². The molecule has 0 unspecified atom stereocenters. The van der Waals surface area contributed by atoms with Gasteiger partial charge < -0.3 is 8.83 Å². The molecule has 0 N–H and O–H groups in total. The summed E-state index contributed by atoms with van der Waals surface area (Å²) in [6, 6.07) is 29.0. The molecule has 0 aliphatic carbocycles. The maximum atomic E-state index is 6.35. The molecule has 0 atom stereocenters. The van der Waals surface area contributed by atoms with E-state index in [1.807, 2.05) is 36.4 Å². The summed E-state index contributed by atoms with van der Waals surface area (Å²) in [5, 5.41) is 5.66. The number of hydrogen-bond acceptors (Lipinski definition) is 2. The number of rotatable bonds is 1. The predicted octanol–water partition coefficient (Wildman–Crippen LogP) is 7.15. The largest absolute Gasteiger partial charge is 0.456 e. The topological polar surface area (TPSA) is 26.3 Å². The molecule has 2 nitrogen and oxygen atoms in total. The zero-order valence-electron chi connectivity index (χ0n) is 13.9. The second kappa shape index (κ2) is 4.99. The summed E-state index contributed by atoms with van der Waals surface area (Å²) in [4.78, 5) is 0. The van der Waals surface area contributed by atoms with Gasteiger partial charge in [-0.05, 0) is 23.6 Å². The Balaban J connectivity index is 1.72. The lowest BCUT2D eigenvalue weighted by molar-refractivity contribution is 0.635. The van der Waals surface area contributed by atoms with E-state index in [0.717, 1.165) is 49.6 Å². The van der Waals surface area contributed by atoms with Gasteiger partial charge >= 0.3 is 0 Å². The van der Waals surface area contributed by atoms with Crippen LogP contribution in [0, 0.1) is 0 Å². The standard InChI is InChI=1S/C24H14O2/c1-2-7-17-15(6-1)12-13-16-14-22(26-24(16)17)19-9-5-11-21-23(19)18-8-3-4-10-20(18)25-21/h1-14H. The lowest BCUT2D eigenvalue weighted by Gasteiger charge is -2.00. The first-order chi connectivity index (χ1) is 12.9. The number of hydrogen-bond donors (Lipinski definition) is 0. The van der Waals surface area contributed by atoms with Crippen LogP contribution in [0.4, 0.5) is 0 Å². The van der Waals surface area contributed by atoms with Crippen LogP contribution in [0.3, 0.4) is 0 Å². The Labute approximate surface area is 149 Å². The molecule has 0 aliphatic rings. The van der Waals surface area contributed by atoms with Crippen molar-refractivity contribution in [3.05, 3.63) is 84.9 Å². The first kappa shape index (κ1) is 13.7. The Kier molecular flexibility index (Phi) is 2.64. The summed E-state index contributed by atoms with van der Waals surface area (Å²) in [6.45, 7) is 0. The van der Waals surface area contributed by atoms with E-state index in [0.29, 0.717) is 0 Å². The molecule has 6 aromatic rings. The van der Waals surface area contributed by atoms with Crippen molar-refractivity contribution in [1.82, 2.24) is 0 Å². The van der Waals surface area contributed by atoms with Crippen LogP contribution in [-0.2, 0) is 0 Å². The first-order valence-electron chi connectivity index (χ1n) is 8.70. The van der Waals surface area contributed by atoms with E-state index < -0.39 is 0 Å². The maximum Gasteiger partial charge on any atom is 0.142 e. The molecule has 0 saturated heterocycles. The molecule has 4 aromatic carbocycles. The van der Waals surface area contributed by atoms with Crippen LogP contribution >= 0.6 is 0 Å². The Morgan fingerprint density at radius 1 is 0.538 bits per heavy atom. The molecular weight excluding hydrogens is 320 g/mol. The summed E-state index contributed by atoms with van der Waals surface area (Å²) in [5.41, 5.74) is 3.78. The van der Waals surface area contributed by atoms with E-state index >= 15 is 0 Å². The minimum atomic E-state index is 0.869. The van der Waals surface area contributed by atoms with Crippen molar-refractivity contribution >= 4 is 43.7 Å². The van der Waals surface area contributed by atoms with Gasteiger partial charge in [0.2, 0.25) is 0 Å². The van der Waals surface area contributed by atoms with Crippen LogP contribution in [0.2, 0.25) is 0 Å². The second-order valence-electron chi connectivity index (χ2n) is 6.59. The molecule has 2 heteroatoms. The average Bonchev–Trinajstić information content (AvgIpc) is 3.29. The van der Waals surface area contributed by atoms with Gasteiger partial charge in [-0.3, -0.25) is 0 Å². The summed E-state index contributed by atoms with van der Waals surface area (Å²) in [6.07, 6.45) is 0. The normalized spacial score (nSPS) is 11.8. The van der Waals surface area contributed by atoms with Gasteiger partial charge in [0.05, 0.1) is 0 Å². The van der Waals surface area contributed by atoms with Gasteiger partial charge in [0.25, 0.3) is 0 Å². The highest BCUT2D eigenvalue weighted by Crippen LogP contribution is 2.39. The number of fused-ring (bicyclic) bond motifs is 6. The fourth-order valence-corrected chi connectivity index (χ4v) is 3.88. The molecule has 0 spiro atoms. The summed E-state index contributed by atoms with van der Waals surface area (Å²) >= 11 is 0. The lowest BCUT2D eigenvalue weighted by atomic mass is 10.0. The molecule has 0 bridgehead atoms. The summed E-state index contributed by atoms with van der Waals surface area (Å²) in [5.74, 6) is 0.869. The highest BCUT2D eigenvalue weighted by molar-refractivity contribution is 6.13. The SMILES string of the molecule is c1ccc2c(c1)ccc1cc(-c3cccc4oc5ccccc5c34)oc12. The Morgan fingerprint density at radius 2 is 1.31 bits per heavy atom. The molecule has 2 heterocycles. The molecular formula is C24H14O2. The molecule has 0 fully saturated rings. The lowest BCUT2D eigenvalue weighted by Crippen LogP contribution is -1.75. The number of benzene rings is 4. The second-order valence-corrected chi connectivity index (χ2v) is 6.59. The highest BCUT2D eigenvalue weighted by atomic mass is 16.3. The van der Waals surface area contributed by atoms with E-state index in [9.17, 15) is 0 Å². The predicted molar refractivity (Wildman–Crippen MR) is 106 cm³/mol. The maximum absolute atomic E-state index is 6.35. The van der Waals surface area contributed by atoms with Crippen molar-refractivity contribution in [3.8, 4) is 11.3 Å². The van der Waals surface area contributed by atoms with E-state index in [4.69, 9.17) is 8.83 Å². The molecule has 0 amide bonds. The summed E-state index contributed by atoms with van der Waals surface area (Å²) < 4.78 is 12.4. The van der Waals surface area contributed by atoms with Crippen LogP contribution in [0.15, 0.2) is 93.8 Å². The number of furan rings is 2. The quantitative estimate of drug-likeness (QED) is 0.319. The van der Waals surface area contributed by atoms with Crippen molar-refractivity contribution in [3.63, 3.8) is 0 Å². The average molecular weight is 334 g/mol. The van der Waals surface area contributed by atoms with Gasteiger partial charge in [-0.2, -0.15) is 0 Å². The minimum absolute atomic E-state index is 0.869. The van der Waals surface area contributed by atoms with E-state index in [-0.39, 0.29) is 0 Å².